The third-order valence-corrected chi connectivity index (χ3v) is 5.20. The third-order valence-electron chi connectivity index (χ3n) is 5.20. The molecule has 0 aromatic heterocycles. The van der Waals surface area contributed by atoms with Crippen molar-refractivity contribution in [3.63, 3.8) is 0 Å². The second-order valence-corrected chi connectivity index (χ2v) is 7.56. The van der Waals surface area contributed by atoms with Crippen molar-refractivity contribution in [2.45, 2.75) is 12.2 Å². The molecule has 0 saturated carbocycles. The molecule has 1 heterocycles. The molecule has 3 rings (SSSR count). The van der Waals surface area contributed by atoms with Gasteiger partial charge in [0.1, 0.15) is 29.8 Å². The summed E-state index contributed by atoms with van der Waals surface area (Å²) in [6.45, 7) is -0.374. The molecule has 2 atom stereocenters. The second-order valence-electron chi connectivity index (χ2n) is 7.56. The van der Waals surface area contributed by atoms with Gasteiger partial charge in [-0.2, -0.15) is 0 Å². The number of carbonyl (C=O) groups is 4. The fourth-order valence-corrected chi connectivity index (χ4v) is 3.28. The number of urea groups is 2. The molecule has 16 nitrogen and oxygen atoms in total. The fourth-order valence-electron chi connectivity index (χ4n) is 3.28. The van der Waals surface area contributed by atoms with Gasteiger partial charge in [-0.3, -0.25) is 20.4 Å². The van der Waals surface area contributed by atoms with Gasteiger partial charge >= 0.3 is 12.1 Å². The standard InChI is InChI=1S/C23H28N6O10/c1-34-12-5-7-14(16(9-12)36-3)24-22(32)28-26-20(30)18-19(39-11-38-18)21(31)27-29-23(33)25-15-8-6-13(35-2)10-17(15)37-4/h5-10,18-19H,11H2,1-4H3,(H,26,30)(H,27,31)(H2,24,28,32)(H2,25,29,33)/t18-,19-/m1/s1. The van der Waals surface area contributed by atoms with Gasteiger partial charge in [-0.25, -0.2) is 20.4 Å². The van der Waals surface area contributed by atoms with E-state index >= 15 is 0 Å². The highest BCUT2D eigenvalue weighted by Gasteiger charge is 2.41. The number of methoxy groups -OCH3 is 4. The molecular formula is C23H28N6O10. The number of ether oxygens (including phenoxy) is 6. The molecule has 1 aliphatic heterocycles. The van der Waals surface area contributed by atoms with Crippen molar-refractivity contribution in [3.8, 4) is 23.0 Å². The van der Waals surface area contributed by atoms with Gasteiger partial charge in [0.2, 0.25) is 0 Å². The maximum absolute atomic E-state index is 12.5. The summed E-state index contributed by atoms with van der Waals surface area (Å²) in [5.74, 6) is -0.0829. The Labute approximate surface area is 222 Å². The smallest absolute Gasteiger partial charge is 0.338 e. The van der Waals surface area contributed by atoms with Gasteiger partial charge in [-0.1, -0.05) is 0 Å². The van der Waals surface area contributed by atoms with E-state index in [2.05, 4.69) is 32.3 Å². The highest BCUT2D eigenvalue weighted by Crippen LogP contribution is 2.29. The van der Waals surface area contributed by atoms with Crippen LogP contribution in [0.4, 0.5) is 21.0 Å². The molecule has 1 saturated heterocycles. The maximum atomic E-state index is 12.5. The molecule has 0 unspecified atom stereocenters. The van der Waals surface area contributed by atoms with E-state index in [1.54, 1.807) is 36.4 Å². The molecule has 2 aromatic rings. The van der Waals surface area contributed by atoms with Gasteiger partial charge in [-0.05, 0) is 24.3 Å². The first kappa shape index (κ1) is 28.6. The minimum atomic E-state index is -1.42. The molecule has 1 aliphatic rings. The summed E-state index contributed by atoms with van der Waals surface area (Å²) in [7, 11) is 5.79. The third kappa shape index (κ3) is 7.53. The number of hydrogen-bond donors (Lipinski definition) is 6. The summed E-state index contributed by atoms with van der Waals surface area (Å²) in [6.07, 6.45) is -2.85. The summed E-state index contributed by atoms with van der Waals surface area (Å²) in [5.41, 5.74) is 9.16. The van der Waals surface area contributed by atoms with Gasteiger partial charge in [0.25, 0.3) is 11.8 Å². The van der Waals surface area contributed by atoms with E-state index in [4.69, 9.17) is 28.4 Å². The summed E-state index contributed by atoms with van der Waals surface area (Å²) in [6, 6.07) is 7.79. The van der Waals surface area contributed by atoms with Crippen LogP contribution in [0, 0.1) is 0 Å². The van der Waals surface area contributed by atoms with E-state index < -0.39 is 36.1 Å². The molecule has 0 spiro atoms. The summed E-state index contributed by atoms with van der Waals surface area (Å²) in [4.78, 5) is 49.5. The molecule has 0 radical (unpaired) electrons. The molecule has 2 aromatic carbocycles. The Morgan fingerprint density at radius 3 is 1.41 bits per heavy atom. The number of rotatable bonds is 8. The van der Waals surface area contributed by atoms with E-state index in [0.29, 0.717) is 34.4 Å². The molecule has 6 N–H and O–H groups in total. The van der Waals surface area contributed by atoms with Crippen LogP contribution in [0.3, 0.4) is 0 Å². The lowest BCUT2D eigenvalue weighted by molar-refractivity contribution is -0.138. The number of anilines is 2. The van der Waals surface area contributed by atoms with E-state index in [1.807, 2.05) is 0 Å². The van der Waals surface area contributed by atoms with Crippen LogP contribution in [0.2, 0.25) is 0 Å². The summed E-state index contributed by atoms with van der Waals surface area (Å²) < 4.78 is 30.9. The zero-order valence-corrected chi connectivity index (χ0v) is 21.4. The topological polar surface area (TPSA) is 196 Å². The fraction of sp³-hybridized carbons (Fsp3) is 0.304. The molecular weight excluding hydrogens is 520 g/mol. The largest absolute Gasteiger partial charge is 0.497 e. The van der Waals surface area contributed by atoms with Crippen molar-refractivity contribution in [1.29, 1.82) is 0 Å². The lowest BCUT2D eigenvalue weighted by Gasteiger charge is -2.18. The van der Waals surface area contributed by atoms with Crippen molar-refractivity contribution in [2.24, 2.45) is 0 Å². The average Bonchev–Trinajstić information content (AvgIpc) is 3.45. The van der Waals surface area contributed by atoms with E-state index in [-0.39, 0.29) is 6.79 Å². The normalized spacial score (nSPS) is 15.8. The Kier molecular flexibility index (Phi) is 9.94. The molecule has 0 bridgehead atoms. The zero-order valence-electron chi connectivity index (χ0n) is 21.4. The quantitative estimate of drug-likeness (QED) is 0.252. The Morgan fingerprint density at radius 1 is 0.641 bits per heavy atom. The molecule has 1 fully saturated rings. The van der Waals surface area contributed by atoms with Gasteiger partial charge in [0.15, 0.2) is 12.2 Å². The monoisotopic (exact) mass is 548 g/mol. The Bertz CT molecular complexity index is 1120. The van der Waals surface area contributed by atoms with Crippen LogP contribution in [0.15, 0.2) is 36.4 Å². The van der Waals surface area contributed by atoms with Crippen LogP contribution >= 0.6 is 0 Å². The molecule has 210 valence electrons. The van der Waals surface area contributed by atoms with Crippen molar-refractivity contribution < 1.29 is 47.6 Å². The predicted molar refractivity (Wildman–Crippen MR) is 134 cm³/mol. The van der Waals surface area contributed by atoms with Crippen LogP contribution in [-0.4, -0.2) is 71.3 Å². The first-order valence-corrected chi connectivity index (χ1v) is 11.2. The van der Waals surface area contributed by atoms with Crippen LogP contribution in [-0.2, 0) is 19.1 Å². The lowest BCUT2D eigenvalue weighted by Crippen LogP contribution is -2.55. The first-order valence-electron chi connectivity index (χ1n) is 11.2. The number of carbonyl (C=O) groups excluding carboxylic acids is 4. The van der Waals surface area contributed by atoms with Crippen molar-refractivity contribution in [2.75, 3.05) is 45.9 Å². The van der Waals surface area contributed by atoms with Gasteiger partial charge in [-0.15, -0.1) is 0 Å². The second kappa shape index (κ2) is 13.5. The van der Waals surface area contributed by atoms with Crippen LogP contribution < -0.4 is 51.3 Å². The minimum absolute atomic E-state index is 0.305. The van der Waals surface area contributed by atoms with Crippen molar-refractivity contribution >= 4 is 35.3 Å². The Morgan fingerprint density at radius 2 is 1.05 bits per heavy atom. The highest BCUT2D eigenvalue weighted by atomic mass is 16.7. The maximum Gasteiger partial charge on any atom is 0.338 e. The number of nitrogens with one attached hydrogen (secondary N) is 6. The minimum Gasteiger partial charge on any atom is -0.497 e. The molecule has 0 aliphatic carbocycles. The van der Waals surface area contributed by atoms with Crippen molar-refractivity contribution in [1.82, 2.24) is 21.7 Å². The van der Waals surface area contributed by atoms with E-state index in [1.165, 1.54) is 28.4 Å². The first-order chi connectivity index (χ1) is 18.8. The Hall–Kier alpha value is -4.96. The summed E-state index contributed by atoms with van der Waals surface area (Å²) in [5, 5.41) is 4.99. The van der Waals surface area contributed by atoms with Crippen LogP contribution in [0.1, 0.15) is 0 Å². The van der Waals surface area contributed by atoms with E-state index in [9.17, 15) is 19.2 Å². The van der Waals surface area contributed by atoms with Crippen molar-refractivity contribution in [3.05, 3.63) is 36.4 Å². The SMILES string of the molecule is COc1ccc(NC(=O)NNC(=O)[C@@H]2OCO[C@H]2C(=O)NNC(=O)Nc2ccc(OC)cc2OC)c(OC)c1. The number of amides is 6. The lowest BCUT2D eigenvalue weighted by atomic mass is 10.2. The predicted octanol–water partition coefficient (Wildman–Crippen LogP) is 0.468. The van der Waals surface area contributed by atoms with Gasteiger partial charge in [0, 0.05) is 12.1 Å². The van der Waals surface area contributed by atoms with Gasteiger partial charge in [0.05, 0.1) is 39.8 Å². The van der Waals surface area contributed by atoms with Gasteiger partial charge < -0.3 is 39.1 Å². The molecule has 39 heavy (non-hydrogen) atoms. The Balaban J connectivity index is 1.48. The number of benzene rings is 2. The van der Waals surface area contributed by atoms with Crippen LogP contribution in [0.5, 0.6) is 23.0 Å². The average molecular weight is 549 g/mol. The summed E-state index contributed by atoms with van der Waals surface area (Å²) >= 11 is 0. The zero-order chi connectivity index (χ0) is 28.4. The number of hydrazine groups is 2. The number of hydrogen-bond acceptors (Lipinski definition) is 10. The molecule has 6 amide bonds. The van der Waals surface area contributed by atoms with E-state index in [0.717, 1.165) is 0 Å². The molecule has 16 heteroatoms. The van der Waals surface area contributed by atoms with Crippen LogP contribution in [0.25, 0.3) is 0 Å². The highest BCUT2D eigenvalue weighted by molar-refractivity contribution is 5.96.